The maximum absolute atomic E-state index is 6.52. The summed E-state index contributed by atoms with van der Waals surface area (Å²) in [6.45, 7) is 0. The highest BCUT2D eigenvalue weighted by molar-refractivity contribution is 6.09. The summed E-state index contributed by atoms with van der Waals surface area (Å²) in [7, 11) is 0. The Morgan fingerprint density at radius 2 is 0.824 bits per heavy atom. The number of hydrogen-bond acceptors (Lipinski definition) is 2. The zero-order valence-corrected chi connectivity index (χ0v) is 27.8. The van der Waals surface area contributed by atoms with Crippen LogP contribution in [0.4, 0.5) is 17.1 Å². The fourth-order valence-corrected chi connectivity index (χ4v) is 9.04. The molecule has 2 aliphatic rings. The monoisotopic (exact) mass is 649 g/mol. The zero-order chi connectivity index (χ0) is 33.5. The van der Waals surface area contributed by atoms with E-state index < -0.39 is 5.41 Å². The summed E-state index contributed by atoms with van der Waals surface area (Å²) in [4.78, 5) is 2.38. The quantitative estimate of drug-likeness (QED) is 0.189. The minimum atomic E-state index is -0.613. The van der Waals surface area contributed by atoms with E-state index in [9.17, 15) is 0 Å². The van der Waals surface area contributed by atoms with E-state index in [0.29, 0.717) is 0 Å². The van der Waals surface area contributed by atoms with Crippen LogP contribution in [-0.4, -0.2) is 0 Å². The second kappa shape index (κ2) is 10.7. The third-order valence-corrected chi connectivity index (χ3v) is 11.1. The smallest absolute Gasteiger partial charge is 0.136 e. The van der Waals surface area contributed by atoms with Gasteiger partial charge in [-0.25, -0.2) is 0 Å². The fourth-order valence-electron chi connectivity index (χ4n) is 9.04. The Balaban J connectivity index is 1.32. The molecule has 0 aliphatic heterocycles. The first kappa shape index (κ1) is 28.2. The van der Waals surface area contributed by atoms with Crippen LogP contribution in [-0.2, 0) is 5.41 Å². The number of hydrogen-bond donors (Lipinski definition) is 0. The van der Waals surface area contributed by atoms with Crippen molar-refractivity contribution in [1.82, 2.24) is 0 Å². The SMILES string of the molecule is c1ccc(N(c2ccccc2)c2ccc3c(c2)C2(c4ccccc4-c4ccccc4-3)c3ccccc3-c3cc4oc5ccccc5c4cc32)cc1. The van der Waals surface area contributed by atoms with E-state index in [1.165, 1.54) is 55.6 Å². The summed E-state index contributed by atoms with van der Waals surface area (Å²) in [6.07, 6.45) is 0. The Morgan fingerprint density at radius 1 is 0.314 bits per heavy atom. The van der Waals surface area contributed by atoms with E-state index in [1.807, 2.05) is 0 Å². The van der Waals surface area contributed by atoms with E-state index in [0.717, 1.165) is 39.0 Å². The van der Waals surface area contributed by atoms with Gasteiger partial charge in [-0.05, 0) is 110 Å². The molecule has 8 aromatic carbocycles. The molecule has 0 saturated carbocycles. The molecule has 0 fully saturated rings. The standard InChI is InChI=1S/C49H31NO/c1-3-15-32(16-4-1)50(33-17-5-2-6-18-33)34-27-28-39-36-20-8-7-19-35(36)37-21-9-12-24-43(37)49(45(39)29-34)44-25-13-10-22-38(44)41-31-48-42(30-46(41)49)40-23-11-14-26-47(40)51-48/h1-31H. The molecule has 2 nitrogen and oxygen atoms in total. The van der Waals surface area contributed by atoms with Crippen LogP contribution in [0.2, 0.25) is 0 Å². The first-order chi connectivity index (χ1) is 25.3. The van der Waals surface area contributed by atoms with Gasteiger partial charge in [-0.1, -0.05) is 133 Å². The van der Waals surface area contributed by atoms with Crippen molar-refractivity contribution in [2.24, 2.45) is 0 Å². The molecule has 1 heterocycles. The van der Waals surface area contributed by atoms with E-state index in [1.54, 1.807) is 0 Å². The lowest BCUT2D eigenvalue weighted by Crippen LogP contribution is -2.29. The van der Waals surface area contributed by atoms with Crippen molar-refractivity contribution in [3.63, 3.8) is 0 Å². The second-order valence-electron chi connectivity index (χ2n) is 13.6. The molecule has 1 atom stereocenters. The minimum Gasteiger partial charge on any atom is -0.456 e. The molecule has 0 saturated heterocycles. The maximum Gasteiger partial charge on any atom is 0.136 e. The Morgan fingerprint density at radius 3 is 1.49 bits per heavy atom. The summed E-state index contributed by atoms with van der Waals surface area (Å²) in [6, 6.07) is 68.7. The molecule has 0 amide bonds. The van der Waals surface area contributed by atoms with Crippen LogP contribution in [0.5, 0.6) is 0 Å². The highest BCUT2D eigenvalue weighted by atomic mass is 16.3. The van der Waals surface area contributed by atoms with Gasteiger partial charge in [-0.2, -0.15) is 0 Å². The third-order valence-electron chi connectivity index (χ3n) is 11.1. The molecule has 1 unspecified atom stereocenters. The molecule has 0 N–H and O–H groups in total. The fraction of sp³-hybridized carbons (Fsp3) is 0.0204. The van der Waals surface area contributed by atoms with Gasteiger partial charge in [0.1, 0.15) is 11.2 Å². The van der Waals surface area contributed by atoms with Gasteiger partial charge in [0, 0.05) is 27.8 Å². The molecule has 51 heavy (non-hydrogen) atoms. The summed E-state index contributed by atoms with van der Waals surface area (Å²) in [5, 5.41) is 2.28. The van der Waals surface area contributed by atoms with Crippen LogP contribution in [0.1, 0.15) is 22.3 Å². The molecule has 238 valence electrons. The number of furan rings is 1. The van der Waals surface area contributed by atoms with Crippen molar-refractivity contribution >= 4 is 39.0 Å². The summed E-state index contributed by atoms with van der Waals surface area (Å²) in [5.41, 5.74) is 17.2. The number of rotatable bonds is 3. The van der Waals surface area contributed by atoms with Crippen molar-refractivity contribution in [2.45, 2.75) is 5.41 Å². The zero-order valence-electron chi connectivity index (χ0n) is 27.8. The first-order valence-corrected chi connectivity index (χ1v) is 17.6. The molecule has 2 heteroatoms. The number of nitrogens with zero attached hydrogens (tertiary/aromatic N) is 1. The van der Waals surface area contributed by atoms with Crippen molar-refractivity contribution in [2.75, 3.05) is 4.90 Å². The van der Waals surface area contributed by atoms with Gasteiger partial charge in [0.15, 0.2) is 0 Å². The van der Waals surface area contributed by atoms with Gasteiger partial charge in [0.25, 0.3) is 0 Å². The van der Waals surface area contributed by atoms with Gasteiger partial charge >= 0.3 is 0 Å². The van der Waals surface area contributed by atoms with Crippen molar-refractivity contribution < 1.29 is 4.42 Å². The summed E-state index contributed by atoms with van der Waals surface area (Å²) < 4.78 is 6.52. The molecular formula is C49H31NO. The van der Waals surface area contributed by atoms with Gasteiger partial charge in [-0.15, -0.1) is 0 Å². The summed E-state index contributed by atoms with van der Waals surface area (Å²) >= 11 is 0. The van der Waals surface area contributed by atoms with Gasteiger partial charge in [-0.3, -0.25) is 0 Å². The molecule has 1 aromatic heterocycles. The third kappa shape index (κ3) is 3.87. The highest BCUT2D eigenvalue weighted by Gasteiger charge is 2.50. The number of anilines is 3. The lowest BCUT2D eigenvalue weighted by molar-refractivity contribution is 0.668. The van der Waals surface area contributed by atoms with Crippen molar-refractivity contribution in [3.05, 3.63) is 210 Å². The second-order valence-corrected chi connectivity index (χ2v) is 13.6. The predicted octanol–water partition coefficient (Wildman–Crippen LogP) is 13.1. The van der Waals surface area contributed by atoms with Crippen molar-refractivity contribution in [1.29, 1.82) is 0 Å². The molecule has 1 spiro atoms. The molecule has 2 aliphatic carbocycles. The first-order valence-electron chi connectivity index (χ1n) is 17.6. The van der Waals surface area contributed by atoms with Crippen LogP contribution < -0.4 is 4.90 Å². The largest absolute Gasteiger partial charge is 0.456 e. The van der Waals surface area contributed by atoms with E-state index >= 15 is 0 Å². The Bertz CT molecular complexity index is 2770. The number of fused-ring (bicyclic) bond motifs is 15. The minimum absolute atomic E-state index is 0.613. The lowest BCUT2D eigenvalue weighted by atomic mass is 9.65. The van der Waals surface area contributed by atoms with Gasteiger partial charge in [0.05, 0.1) is 5.41 Å². The Hall–Kier alpha value is -6.64. The highest BCUT2D eigenvalue weighted by Crippen LogP contribution is 2.62. The van der Waals surface area contributed by atoms with E-state index in [-0.39, 0.29) is 0 Å². The van der Waals surface area contributed by atoms with Crippen LogP contribution >= 0.6 is 0 Å². The van der Waals surface area contributed by atoms with E-state index in [4.69, 9.17) is 4.42 Å². The molecule has 9 aromatic rings. The predicted molar refractivity (Wildman–Crippen MR) is 210 cm³/mol. The molecule has 11 rings (SSSR count). The molecular weight excluding hydrogens is 619 g/mol. The van der Waals surface area contributed by atoms with Gasteiger partial charge < -0.3 is 9.32 Å². The average Bonchev–Trinajstić information content (AvgIpc) is 3.67. The number of para-hydroxylation sites is 3. The average molecular weight is 650 g/mol. The lowest BCUT2D eigenvalue weighted by Gasteiger charge is -2.36. The van der Waals surface area contributed by atoms with Crippen LogP contribution in [0.25, 0.3) is 55.3 Å². The maximum atomic E-state index is 6.52. The summed E-state index contributed by atoms with van der Waals surface area (Å²) in [5.74, 6) is 0. The van der Waals surface area contributed by atoms with Crippen LogP contribution in [0.15, 0.2) is 192 Å². The van der Waals surface area contributed by atoms with Crippen LogP contribution in [0, 0.1) is 0 Å². The van der Waals surface area contributed by atoms with Crippen molar-refractivity contribution in [3.8, 4) is 33.4 Å². The Kier molecular flexibility index (Phi) is 5.91. The number of benzene rings is 8. The van der Waals surface area contributed by atoms with Crippen LogP contribution in [0.3, 0.4) is 0 Å². The molecule has 0 radical (unpaired) electrons. The Labute approximate surface area is 296 Å². The topological polar surface area (TPSA) is 16.4 Å². The molecule has 0 bridgehead atoms. The van der Waals surface area contributed by atoms with Gasteiger partial charge in [0.2, 0.25) is 0 Å². The normalized spacial score (nSPS) is 15.1. The van der Waals surface area contributed by atoms with E-state index in [2.05, 4.69) is 193 Å².